The minimum atomic E-state index is 0.712. The van der Waals surface area contributed by atoms with Gasteiger partial charge in [-0.25, -0.2) is 0 Å². The first-order valence-corrected chi connectivity index (χ1v) is 7.98. The number of thioether (sulfide) groups is 1. The van der Waals surface area contributed by atoms with Crippen molar-refractivity contribution < 1.29 is 0 Å². The Bertz CT molecular complexity index is 175. The lowest BCUT2D eigenvalue weighted by atomic mass is 10.1. The molecule has 0 bridgehead atoms. The molecule has 0 aliphatic carbocycles. The Balaban J connectivity index is 2.31. The third-order valence-corrected chi connectivity index (χ3v) is 4.44. The maximum atomic E-state index is 3.64. The maximum absolute atomic E-state index is 3.64. The molecular formula is C13H28N2S. The summed E-state index contributed by atoms with van der Waals surface area (Å²) < 4.78 is 0. The molecule has 16 heavy (non-hydrogen) atoms. The van der Waals surface area contributed by atoms with Gasteiger partial charge < -0.3 is 5.32 Å². The van der Waals surface area contributed by atoms with E-state index in [4.69, 9.17) is 0 Å². The molecule has 1 aliphatic rings. The van der Waals surface area contributed by atoms with Crippen LogP contribution >= 0.6 is 11.8 Å². The van der Waals surface area contributed by atoms with Gasteiger partial charge in [-0.1, -0.05) is 13.8 Å². The minimum Gasteiger partial charge on any atom is -0.313 e. The first kappa shape index (κ1) is 14.3. The molecule has 0 spiro atoms. The van der Waals surface area contributed by atoms with Gasteiger partial charge in [0, 0.05) is 18.6 Å². The largest absolute Gasteiger partial charge is 0.313 e. The second kappa shape index (κ2) is 8.37. The summed E-state index contributed by atoms with van der Waals surface area (Å²) in [6, 6.07) is 1.47. The summed E-state index contributed by atoms with van der Waals surface area (Å²) in [5.41, 5.74) is 0. The first-order chi connectivity index (χ1) is 7.77. The summed E-state index contributed by atoms with van der Waals surface area (Å²) in [5, 5.41) is 3.64. The lowest BCUT2D eigenvalue weighted by Gasteiger charge is -2.29. The molecule has 3 heteroatoms. The van der Waals surface area contributed by atoms with Crippen molar-refractivity contribution in [2.75, 3.05) is 31.1 Å². The monoisotopic (exact) mass is 244 g/mol. The van der Waals surface area contributed by atoms with Crippen molar-refractivity contribution in [2.24, 2.45) is 0 Å². The summed E-state index contributed by atoms with van der Waals surface area (Å²) in [4.78, 5) is 2.68. The Morgan fingerprint density at radius 1 is 1.44 bits per heavy atom. The molecule has 0 amide bonds. The van der Waals surface area contributed by atoms with Crippen LogP contribution in [0.4, 0.5) is 0 Å². The fraction of sp³-hybridized carbons (Fsp3) is 1.00. The van der Waals surface area contributed by atoms with Gasteiger partial charge >= 0.3 is 0 Å². The van der Waals surface area contributed by atoms with E-state index in [1.54, 1.807) is 0 Å². The van der Waals surface area contributed by atoms with Crippen molar-refractivity contribution >= 4 is 11.8 Å². The second-order valence-electron chi connectivity index (χ2n) is 4.74. The number of hydrogen-bond acceptors (Lipinski definition) is 3. The van der Waals surface area contributed by atoms with Crippen molar-refractivity contribution in [3.05, 3.63) is 0 Å². The van der Waals surface area contributed by atoms with E-state index in [0.29, 0.717) is 6.04 Å². The van der Waals surface area contributed by atoms with Gasteiger partial charge in [-0.3, -0.25) is 4.90 Å². The van der Waals surface area contributed by atoms with Crippen molar-refractivity contribution in [1.29, 1.82) is 0 Å². The molecular weight excluding hydrogens is 216 g/mol. The van der Waals surface area contributed by atoms with Gasteiger partial charge in [-0.2, -0.15) is 11.8 Å². The molecule has 1 aliphatic heterocycles. The SMILES string of the molecule is CCSCCC(C)N1CCCNC(CC)C1. The minimum absolute atomic E-state index is 0.712. The van der Waals surface area contributed by atoms with Crippen LogP contribution in [0.2, 0.25) is 0 Å². The van der Waals surface area contributed by atoms with E-state index in [1.807, 2.05) is 0 Å². The zero-order valence-corrected chi connectivity index (χ0v) is 12.0. The predicted molar refractivity (Wildman–Crippen MR) is 75.3 cm³/mol. The standard InChI is InChI=1S/C13H28N2S/c1-4-13-11-15(9-6-8-14-13)12(3)7-10-16-5-2/h12-14H,4-11H2,1-3H3. The van der Waals surface area contributed by atoms with Gasteiger partial charge in [-0.15, -0.1) is 0 Å². The van der Waals surface area contributed by atoms with E-state index in [-0.39, 0.29) is 0 Å². The molecule has 2 nitrogen and oxygen atoms in total. The third-order valence-electron chi connectivity index (χ3n) is 3.51. The first-order valence-electron chi connectivity index (χ1n) is 6.83. The Hall–Kier alpha value is 0.270. The summed E-state index contributed by atoms with van der Waals surface area (Å²) >= 11 is 2.07. The number of hydrogen-bond donors (Lipinski definition) is 1. The predicted octanol–water partition coefficient (Wildman–Crippen LogP) is 2.59. The summed E-state index contributed by atoms with van der Waals surface area (Å²) in [6.45, 7) is 10.7. The highest BCUT2D eigenvalue weighted by Crippen LogP contribution is 2.13. The van der Waals surface area contributed by atoms with Crippen LogP contribution < -0.4 is 5.32 Å². The summed E-state index contributed by atoms with van der Waals surface area (Å²) in [7, 11) is 0. The van der Waals surface area contributed by atoms with Gasteiger partial charge in [0.25, 0.3) is 0 Å². The molecule has 0 aromatic rings. The Morgan fingerprint density at radius 3 is 2.94 bits per heavy atom. The normalized spacial score (nSPS) is 25.3. The molecule has 0 radical (unpaired) electrons. The second-order valence-corrected chi connectivity index (χ2v) is 6.14. The number of rotatable bonds is 6. The Morgan fingerprint density at radius 2 is 2.25 bits per heavy atom. The van der Waals surface area contributed by atoms with Crippen LogP contribution in [0, 0.1) is 0 Å². The highest BCUT2D eigenvalue weighted by atomic mass is 32.2. The van der Waals surface area contributed by atoms with Crippen molar-refractivity contribution in [1.82, 2.24) is 10.2 Å². The van der Waals surface area contributed by atoms with Crippen molar-refractivity contribution in [2.45, 2.75) is 52.1 Å². The average molecular weight is 244 g/mol. The zero-order valence-electron chi connectivity index (χ0n) is 11.2. The van der Waals surface area contributed by atoms with Gasteiger partial charge in [0.05, 0.1) is 0 Å². The van der Waals surface area contributed by atoms with Crippen LogP contribution in [0.1, 0.15) is 40.0 Å². The molecule has 0 aromatic carbocycles. The summed E-state index contributed by atoms with van der Waals surface area (Å²) in [6.07, 6.45) is 3.91. The smallest absolute Gasteiger partial charge is 0.0192 e. The van der Waals surface area contributed by atoms with Crippen LogP contribution in [-0.2, 0) is 0 Å². The van der Waals surface area contributed by atoms with E-state index in [9.17, 15) is 0 Å². The molecule has 2 atom stereocenters. The van der Waals surface area contributed by atoms with E-state index < -0.39 is 0 Å². The zero-order chi connectivity index (χ0) is 11.8. The Labute approximate surface area is 106 Å². The van der Waals surface area contributed by atoms with E-state index in [0.717, 1.165) is 6.04 Å². The fourth-order valence-electron chi connectivity index (χ4n) is 2.28. The van der Waals surface area contributed by atoms with Crippen LogP contribution in [0.15, 0.2) is 0 Å². The third kappa shape index (κ3) is 5.07. The van der Waals surface area contributed by atoms with Crippen molar-refractivity contribution in [3.63, 3.8) is 0 Å². The van der Waals surface area contributed by atoms with E-state index >= 15 is 0 Å². The summed E-state index contributed by atoms with van der Waals surface area (Å²) in [5.74, 6) is 2.57. The fourth-order valence-corrected chi connectivity index (χ4v) is 3.08. The number of nitrogens with zero attached hydrogens (tertiary/aromatic N) is 1. The quantitative estimate of drug-likeness (QED) is 0.723. The molecule has 1 fully saturated rings. The Kier molecular flexibility index (Phi) is 7.50. The molecule has 0 saturated carbocycles. The molecule has 0 aromatic heterocycles. The highest BCUT2D eigenvalue weighted by molar-refractivity contribution is 7.99. The van der Waals surface area contributed by atoms with Gasteiger partial charge in [0.15, 0.2) is 0 Å². The van der Waals surface area contributed by atoms with Gasteiger partial charge in [0.1, 0.15) is 0 Å². The average Bonchev–Trinajstić information content (AvgIpc) is 2.54. The molecule has 2 unspecified atom stereocenters. The van der Waals surface area contributed by atoms with Gasteiger partial charge in [-0.05, 0) is 50.8 Å². The number of nitrogens with one attached hydrogen (secondary N) is 1. The molecule has 1 N–H and O–H groups in total. The lowest BCUT2D eigenvalue weighted by molar-refractivity contribution is 0.200. The molecule has 1 heterocycles. The topological polar surface area (TPSA) is 15.3 Å². The van der Waals surface area contributed by atoms with E-state index in [2.05, 4.69) is 42.7 Å². The van der Waals surface area contributed by atoms with Crippen LogP contribution in [0.3, 0.4) is 0 Å². The van der Waals surface area contributed by atoms with E-state index in [1.165, 1.54) is 50.4 Å². The van der Waals surface area contributed by atoms with Crippen LogP contribution in [0.5, 0.6) is 0 Å². The molecule has 1 rings (SSSR count). The lowest BCUT2D eigenvalue weighted by Crippen LogP contribution is -2.41. The van der Waals surface area contributed by atoms with Crippen molar-refractivity contribution in [3.8, 4) is 0 Å². The maximum Gasteiger partial charge on any atom is 0.0192 e. The molecule has 96 valence electrons. The van der Waals surface area contributed by atoms with Crippen LogP contribution in [0.25, 0.3) is 0 Å². The molecule has 1 saturated heterocycles. The van der Waals surface area contributed by atoms with Crippen LogP contribution in [-0.4, -0.2) is 48.1 Å². The highest BCUT2D eigenvalue weighted by Gasteiger charge is 2.19. The van der Waals surface area contributed by atoms with Gasteiger partial charge in [0.2, 0.25) is 0 Å².